The summed E-state index contributed by atoms with van der Waals surface area (Å²) in [6.45, 7) is 14.2. The lowest BCUT2D eigenvalue weighted by Gasteiger charge is -2.17. The van der Waals surface area contributed by atoms with Crippen LogP contribution in [0.3, 0.4) is 0 Å². The van der Waals surface area contributed by atoms with Gasteiger partial charge in [-0.2, -0.15) is 9.97 Å². The molecule has 426 valence electrons. The fourth-order valence-electron chi connectivity index (χ4n) is 12.5. The maximum Gasteiger partial charge on any atom is 0.228 e. The van der Waals surface area contributed by atoms with Crippen LogP contribution in [0, 0.1) is 25.2 Å². The number of nitrogens with zero attached hydrogens (tertiary/aromatic N) is 10. The van der Waals surface area contributed by atoms with Crippen LogP contribution in [-0.4, -0.2) is 50.7 Å². The van der Waals surface area contributed by atoms with Gasteiger partial charge in [0.1, 0.15) is 12.5 Å². The Morgan fingerprint density at radius 1 is 0.697 bits per heavy atom. The first kappa shape index (κ1) is 54.0. The third-order valence-corrected chi connectivity index (χ3v) is 16.9. The Morgan fingerprint density at radius 3 is 2.17 bits per heavy atom. The quantitative estimate of drug-likeness (QED) is 0.0558. The van der Waals surface area contributed by atoms with Crippen molar-refractivity contribution in [2.45, 2.75) is 33.6 Å². The van der Waals surface area contributed by atoms with E-state index in [4.69, 9.17) is 38.7 Å². The maximum absolute atomic E-state index is 6.32. The highest BCUT2D eigenvalue weighted by Gasteiger charge is 2.54. The Labute approximate surface area is 513 Å². The SMILES string of the molecule is C=Cc1c(C=C=CCc2cccc(/C(N=C)=C(/C=C\C)C34C=C=CC=CC3C4)n2)n(-c2coc(-c3ccc4cc(-c5nc(-n6c7ccc(-c8cccc(-c9ncccc9-c9ccccc9)n8)cc7c7cnc(C)cc76)co5)ccc4c3)n2)c2cc(C)ncc12. The molecule has 2 atom stereocenters. The molecule has 15 rings (SSSR count). The van der Waals surface area contributed by atoms with Crippen LogP contribution >= 0.6 is 0 Å². The van der Waals surface area contributed by atoms with Crippen molar-refractivity contribution in [2.24, 2.45) is 16.3 Å². The van der Waals surface area contributed by atoms with E-state index in [0.717, 1.165) is 140 Å². The number of pyridine rings is 5. The standard InChI is InChI=1S/C77H56N10O2/c1-6-19-63(77-36-15-9-12-22-56(77)43-77)74(78-5)66-27-16-24-57(82-66)23-13-14-29-67-58(7-2)61-44-80-48(3)38-69(61)86(67)71-46-88-75(84-71)54-32-30-52-41-55(33-31-51(52)40-54)76-85-72(47-89-76)87-68-35-34-53(42-60(68)62-45-81-49(4)39-70(62)87)64-26-17-28-65(83-64)73-59(25-18-37-79-73)50-20-10-8-11-21-50/h6-13,16-22,24-42,44-47,56H,2,5,23,43H2,1,3-4H3/b19-6-,74-63+. The van der Waals surface area contributed by atoms with Gasteiger partial charge in [0.25, 0.3) is 0 Å². The van der Waals surface area contributed by atoms with Gasteiger partial charge in [-0.3, -0.25) is 34.1 Å². The highest BCUT2D eigenvalue weighted by molar-refractivity contribution is 6.10. The van der Waals surface area contributed by atoms with E-state index in [2.05, 4.69) is 147 Å². The monoisotopic (exact) mass is 1150 g/mol. The lowest BCUT2D eigenvalue weighted by atomic mass is 9.89. The number of allylic oxidation sites excluding steroid dienone is 7. The van der Waals surface area contributed by atoms with Gasteiger partial charge in [-0.1, -0.05) is 104 Å². The minimum Gasteiger partial charge on any atom is -0.442 e. The first-order chi connectivity index (χ1) is 43.7. The summed E-state index contributed by atoms with van der Waals surface area (Å²) in [6, 6.07) is 49.5. The molecule has 1 saturated carbocycles. The summed E-state index contributed by atoms with van der Waals surface area (Å²) in [5.41, 5.74) is 23.8. The predicted molar refractivity (Wildman–Crippen MR) is 357 cm³/mol. The first-order valence-corrected chi connectivity index (χ1v) is 29.6. The second-order valence-corrected chi connectivity index (χ2v) is 22.4. The molecule has 0 N–H and O–H groups in total. The molecule has 13 aromatic rings. The lowest BCUT2D eigenvalue weighted by Crippen LogP contribution is -2.06. The van der Waals surface area contributed by atoms with Crippen LogP contribution in [0.15, 0.2) is 257 Å². The van der Waals surface area contributed by atoms with Crippen LogP contribution in [-0.2, 0) is 6.42 Å². The minimum absolute atomic E-state index is 0.171. The topological polar surface area (TPSA) is 139 Å². The molecule has 89 heavy (non-hydrogen) atoms. The normalized spacial score (nSPS) is 15.4. The van der Waals surface area contributed by atoms with E-state index < -0.39 is 0 Å². The summed E-state index contributed by atoms with van der Waals surface area (Å²) < 4.78 is 16.9. The van der Waals surface area contributed by atoms with Crippen molar-refractivity contribution in [1.29, 1.82) is 0 Å². The molecule has 2 aliphatic carbocycles. The fourth-order valence-corrected chi connectivity index (χ4v) is 12.5. The molecular formula is C77H56N10O2. The highest BCUT2D eigenvalue weighted by atomic mass is 16.3. The molecular weight excluding hydrogens is 1100 g/mol. The van der Waals surface area contributed by atoms with Crippen molar-refractivity contribution in [3.8, 4) is 68.3 Å². The molecule has 0 amide bonds. The molecule has 2 unspecified atom stereocenters. The van der Waals surface area contributed by atoms with Gasteiger partial charge < -0.3 is 8.83 Å². The van der Waals surface area contributed by atoms with Gasteiger partial charge in [0, 0.05) is 97.6 Å². The van der Waals surface area contributed by atoms with Crippen LogP contribution in [0.2, 0.25) is 0 Å². The maximum atomic E-state index is 6.32. The van der Waals surface area contributed by atoms with Crippen molar-refractivity contribution in [2.75, 3.05) is 0 Å². The second kappa shape index (κ2) is 22.3. The van der Waals surface area contributed by atoms with Gasteiger partial charge in [-0.05, 0) is 159 Å². The summed E-state index contributed by atoms with van der Waals surface area (Å²) in [6.07, 6.45) is 29.1. The smallest absolute Gasteiger partial charge is 0.228 e. The molecule has 0 radical (unpaired) electrons. The molecule has 0 bridgehead atoms. The zero-order valence-electron chi connectivity index (χ0n) is 49.1. The summed E-state index contributed by atoms with van der Waals surface area (Å²) >= 11 is 0. The van der Waals surface area contributed by atoms with E-state index >= 15 is 0 Å². The third-order valence-electron chi connectivity index (χ3n) is 16.9. The van der Waals surface area contributed by atoms with Gasteiger partial charge >= 0.3 is 0 Å². The van der Waals surface area contributed by atoms with Crippen LogP contribution in [0.5, 0.6) is 0 Å². The molecule has 4 aromatic carbocycles. The third kappa shape index (κ3) is 9.71. The van der Waals surface area contributed by atoms with Crippen molar-refractivity contribution in [1.82, 2.24) is 44.0 Å². The molecule has 9 heterocycles. The molecule has 12 nitrogen and oxygen atoms in total. The number of hydrogen-bond donors (Lipinski definition) is 0. The number of benzene rings is 4. The molecule has 1 fully saturated rings. The van der Waals surface area contributed by atoms with Crippen molar-refractivity contribution < 1.29 is 8.83 Å². The molecule has 12 heteroatoms. The van der Waals surface area contributed by atoms with Crippen molar-refractivity contribution in [3.05, 3.63) is 277 Å². The van der Waals surface area contributed by atoms with Gasteiger partial charge in [-0.25, -0.2) is 4.98 Å². The largest absolute Gasteiger partial charge is 0.442 e. The highest BCUT2D eigenvalue weighted by Crippen LogP contribution is 2.62. The van der Waals surface area contributed by atoms with Gasteiger partial charge in [0.15, 0.2) is 11.6 Å². The average molecular weight is 1150 g/mol. The van der Waals surface area contributed by atoms with Gasteiger partial charge in [0.05, 0.1) is 50.7 Å². The Kier molecular flexibility index (Phi) is 13.5. The number of aryl methyl sites for hydroxylation is 2. The molecule has 9 aromatic heterocycles. The molecule has 0 aliphatic heterocycles. The zero-order valence-corrected chi connectivity index (χ0v) is 49.1. The Morgan fingerprint density at radius 2 is 1.42 bits per heavy atom. The molecule has 2 aliphatic rings. The van der Waals surface area contributed by atoms with E-state index in [1.165, 1.54) is 0 Å². The lowest BCUT2D eigenvalue weighted by molar-refractivity contribution is 0.573. The Balaban J connectivity index is 0.704. The van der Waals surface area contributed by atoms with Crippen LogP contribution < -0.4 is 0 Å². The summed E-state index contributed by atoms with van der Waals surface area (Å²) in [7, 11) is 0. The average Bonchev–Trinajstić information content (AvgIpc) is 1.63. The van der Waals surface area contributed by atoms with E-state index in [1.807, 2.05) is 136 Å². The van der Waals surface area contributed by atoms with E-state index in [0.29, 0.717) is 35.8 Å². The van der Waals surface area contributed by atoms with E-state index in [-0.39, 0.29) is 5.41 Å². The number of oxazole rings is 2. The number of fused-ring (bicyclic) bond motifs is 6. The predicted octanol–water partition coefficient (Wildman–Crippen LogP) is 18.1. The van der Waals surface area contributed by atoms with Crippen LogP contribution in [0.1, 0.15) is 47.4 Å². The summed E-state index contributed by atoms with van der Waals surface area (Å²) in [5.74, 6) is 2.62. The Hall–Kier alpha value is -11.7. The minimum atomic E-state index is -0.171. The fraction of sp³-hybridized carbons (Fsp3) is 0.0909. The Bertz CT molecular complexity index is 5280. The van der Waals surface area contributed by atoms with Crippen LogP contribution in [0.4, 0.5) is 0 Å². The van der Waals surface area contributed by atoms with Crippen molar-refractivity contribution >= 4 is 68.0 Å². The number of aliphatic imine (C=N–C) groups is 1. The summed E-state index contributed by atoms with van der Waals surface area (Å²) in [5, 5.41) is 4.96. The van der Waals surface area contributed by atoms with Gasteiger partial charge in [0.2, 0.25) is 11.8 Å². The number of hydrogen-bond acceptors (Lipinski definition) is 10. The summed E-state index contributed by atoms with van der Waals surface area (Å²) in [4.78, 5) is 39.3. The van der Waals surface area contributed by atoms with Crippen molar-refractivity contribution in [3.63, 3.8) is 0 Å². The second-order valence-electron chi connectivity index (χ2n) is 22.4. The zero-order chi connectivity index (χ0) is 60.2. The van der Waals surface area contributed by atoms with Gasteiger partial charge in [-0.15, -0.1) is 11.5 Å². The van der Waals surface area contributed by atoms with E-state index in [9.17, 15) is 0 Å². The molecule has 0 saturated heterocycles. The first-order valence-electron chi connectivity index (χ1n) is 29.6. The van der Waals surface area contributed by atoms with Crippen LogP contribution in [0.25, 0.3) is 130 Å². The molecule has 0 spiro atoms. The number of rotatable bonds is 15. The van der Waals surface area contributed by atoms with E-state index in [1.54, 1.807) is 12.5 Å². The number of aromatic nitrogens is 9.